The predicted octanol–water partition coefficient (Wildman–Crippen LogP) is 0.761. The fourth-order valence-corrected chi connectivity index (χ4v) is 7.64. The number of allylic oxidation sites excluding steroid dienone is 1. The molecular formula is C33H46N6O8. The Morgan fingerprint density at radius 1 is 1.02 bits per heavy atom. The fraction of sp³-hybridized carbons (Fsp3) is 0.576. The molecule has 1 aromatic rings. The number of piperidine rings is 1. The molecular weight excluding hydrogens is 608 g/mol. The van der Waals surface area contributed by atoms with Crippen molar-refractivity contribution in [1.29, 1.82) is 0 Å². The summed E-state index contributed by atoms with van der Waals surface area (Å²) in [4.78, 5) is 61.4. The maximum absolute atomic E-state index is 14.3. The summed E-state index contributed by atoms with van der Waals surface area (Å²) in [6.07, 6.45) is 3.20. The van der Waals surface area contributed by atoms with Gasteiger partial charge in [0.15, 0.2) is 17.1 Å². The lowest BCUT2D eigenvalue weighted by atomic mass is 9.58. The van der Waals surface area contributed by atoms with Crippen molar-refractivity contribution in [2.45, 2.75) is 43.7 Å². The molecule has 47 heavy (non-hydrogen) atoms. The zero-order valence-electron chi connectivity index (χ0n) is 27.9. The number of hydrogen-bond donors (Lipinski definition) is 6. The van der Waals surface area contributed by atoms with Crippen molar-refractivity contribution in [3.8, 4) is 5.75 Å². The molecule has 0 bridgehead atoms. The van der Waals surface area contributed by atoms with Gasteiger partial charge in [-0.05, 0) is 84.5 Å². The maximum atomic E-state index is 14.3. The van der Waals surface area contributed by atoms with Crippen molar-refractivity contribution in [2.75, 3.05) is 78.8 Å². The van der Waals surface area contributed by atoms with Gasteiger partial charge in [-0.3, -0.25) is 29.0 Å². The number of likely N-dealkylation sites (tertiary alicyclic amines) is 1. The standard InChI is InChI=1S/C33H46N6O8/c1-36(2)15-22(40)35-20-14-21(37(3)4)18-12-17-13-19-26(38(5)6)29(43)25(32(46)34-16-39-10-8-7-9-11-39)31(45)33(19,47)30(44)23(17)28(42)24(18)27(20)41/h14,17,19,26,41,43-44,47H,7-13,15-16H2,1-6H3,(H,34,46)(H,35,40)/t17?,19?,26-,33?/m0/s1. The smallest absolute Gasteiger partial charge is 0.259 e. The van der Waals surface area contributed by atoms with Gasteiger partial charge >= 0.3 is 0 Å². The van der Waals surface area contributed by atoms with Gasteiger partial charge in [0.25, 0.3) is 5.91 Å². The number of Topliss-reactive ketones (excluding diaryl/α,β-unsaturated/α-hetero) is 2. The molecule has 1 fully saturated rings. The summed E-state index contributed by atoms with van der Waals surface area (Å²) in [5, 5.41) is 52.1. The number of nitrogens with one attached hydrogen (secondary N) is 2. The molecule has 2 amide bonds. The van der Waals surface area contributed by atoms with Crippen molar-refractivity contribution in [1.82, 2.24) is 20.0 Å². The Kier molecular flexibility index (Phi) is 9.43. The van der Waals surface area contributed by atoms with Crippen molar-refractivity contribution in [2.24, 2.45) is 11.8 Å². The molecule has 6 N–H and O–H groups in total. The molecule has 3 unspecified atom stereocenters. The first kappa shape index (κ1) is 34.4. The molecule has 5 rings (SSSR count). The lowest BCUT2D eigenvalue weighted by Crippen LogP contribution is -2.64. The van der Waals surface area contributed by atoms with E-state index in [0.29, 0.717) is 11.3 Å². The first-order chi connectivity index (χ1) is 22.1. The Morgan fingerprint density at radius 2 is 1.68 bits per heavy atom. The molecule has 256 valence electrons. The number of benzene rings is 1. The lowest BCUT2D eigenvalue weighted by molar-refractivity contribution is -0.148. The molecule has 14 nitrogen and oxygen atoms in total. The van der Waals surface area contributed by atoms with Gasteiger partial charge in [-0.25, -0.2) is 0 Å². The number of ketones is 2. The second-order valence-electron chi connectivity index (χ2n) is 13.8. The summed E-state index contributed by atoms with van der Waals surface area (Å²) in [5.41, 5.74) is -2.72. The van der Waals surface area contributed by atoms with Crippen molar-refractivity contribution >= 4 is 34.8 Å². The van der Waals surface area contributed by atoms with E-state index in [0.717, 1.165) is 32.4 Å². The quantitative estimate of drug-likeness (QED) is 0.171. The maximum Gasteiger partial charge on any atom is 0.259 e. The van der Waals surface area contributed by atoms with Gasteiger partial charge in [0.2, 0.25) is 11.7 Å². The van der Waals surface area contributed by atoms with Crippen LogP contribution in [0.3, 0.4) is 0 Å². The summed E-state index contributed by atoms with van der Waals surface area (Å²) in [6, 6.07) is 0.545. The minimum Gasteiger partial charge on any atom is -0.510 e. The minimum absolute atomic E-state index is 0.000482. The highest BCUT2D eigenvalue weighted by molar-refractivity contribution is 6.25. The molecule has 1 heterocycles. The third kappa shape index (κ3) is 5.88. The number of hydrogen-bond acceptors (Lipinski definition) is 12. The van der Waals surface area contributed by atoms with Gasteiger partial charge in [0, 0.05) is 31.3 Å². The van der Waals surface area contributed by atoms with Crippen LogP contribution in [-0.2, 0) is 20.8 Å². The highest BCUT2D eigenvalue weighted by Crippen LogP contribution is 2.54. The van der Waals surface area contributed by atoms with Crippen molar-refractivity contribution in [3.63, 3.8) is 0 Å². The molecule has 3 aliphatic carbocycles. The van der Waals surface area contributed by atoms with E-state index in [9.17, 15) is 39.6 Å². The first-order valence-electron chi connectivity index (χ1n) is 16.0. The number of anilines is 2. The summed E-state index contributed by atoms with van der Waals surface area (Å²) < 4.78 is 0. The van der Waals surface area contributed by atoms with Crippen LogP contribution in [0.2, 0.25) is 0 Å². The van der Waals surface area contributed by atoms with Crippen LogP contribution >= 0.6 is 0 Å². The normalized spacial score (nSPS) is 26.3. The summed E-state index contributed by atoms with van der Waals surface area (Å²) >= 11 is 0. The van der Waals surface area contributed by atoms with E-state index >= 15 is 0 Å². The minimum atomic E-state index is -2.70. The number of aromatic hydroxyl groups is 1. The van der Waals surface area contributed by atoms with Gasteiger partial charge in [0.05, 0.1) is 30.5 Å². The lowest BCUT2D eigenvalue weighted by Gasteiger charge is -2.50. The van der Waals surface area contributed by atoms with Crippen LogP contribution in [0, 0.1) is 11.8 Å². The van der Waals surface area contributed by atoms with Crippen LogP contribution in [0.25, 0.3) is 0 Å². The third-order valence-electron chi connectivity index (χ3n) is 9.81. The third-order valence-corrected chi connectivity index (χ3v) is 9.81. The summed E-state index contributed by atoms with van der Waals surface area (Å²) in [5.74, 6) is -6.99. The number of aliphatic hydroxyl groups excluding tert-OH is 2. The summed E-state index contributed by atoms with van der Waals surface area (Å²) in [7, 11) is 10.2. The van der Waals surface area contributed by atoms with Gasteiger partial charge in [-0.15, -0.1) is 0 Å². The Hall–Kier alpha value is -3.98. The molecule has 0 radical (unpaired) electrons. The number of carbonyl (C=O) groups excluding carboxylic acids is 4. The molecule has 1 saturated heterocycles. The number of phenolic OH excluding ortho intramolecular Hbond substituents is 1. The Bertz CT molecular complexity index is 1560. The van der Waals surface area contributed by atoms with E-state index in [1.165, 1.54) is 0 Å². The number of phenols is 1. The van der Waals surface area contributed by atoms with Crippen molar-refractivity contribution < 1.29 is 39.6 Å². The second kappa shape index (κ2) is 12.9. The second-order valence-corrected chi connectivity index (χ2v) is 13.8. The summed E-state index contributed by atoms with van der Waals surface area (Å²) in [6.45, 7) is 1.70. The molecule has 1 aromatic carbocycles. The number of likely N-dealkylation sites (N-methyl/N-ethyl adjacent to an activating group) is 2. The topological polar surface area (TPSA) is 186 Å². The number of amides is 2. The van der Waals surface area contributed by atoms with Gasteiger partial charge in [-0.2, -0.15) is 0 Å². The number of nitrogens with zero attached hydrogens (tertiary/aromatic N) is 4. The molecule has 0 spiro atoms. The molecule has 0 aromatic heterocycles. The molecule has 1 aliphatic heterocycles. The van der Waals surface area contributed by atoms with Crippen LogP contribution in [0.5, 0.6) is 5.75 Å². The largest absolute Gasteiger partial charge is 0.510 e. The monoisotopic (exact) mass is 654 g/mol. The van der Waals surface area contributed by atoms with Gasteiger partial charge in [-0.1, -0.05) is 6.42 Å². The number of aliphatic hydroxyl groups is 3. The van der Waals surface area contributed by atoms with E-state index in [4.69, 9.17) is 0 Å². The average Bonchev–Trinajstić information content (AvgIpc) is 2.99. The first-order valence-corrected chi connectivity index (χ1v) is 16.0. The molecule has 4 atom stereocenters. The zero-order chi connectivity index (χ0) is 34.5. The molecule has 4 aliphatic rings. The van der Waals surface area contributed by atoms with Gasteiger partial charge in [0.1, 0.15) is 17.1 Å². The van der Waals surface area contributed by atoms with E-state index in [2.05, 4.69) is 10.6 Å². The van der Waals surface area contributed by atoms with E-state index in [1.807, 2.05) is 4.90 Å². The molecule has 0 saturated carbocycles. The Labute approximate surface area is 274 Å². The van der Waals surface area contributed by atoms with Crippen LogP contribution < -0.4 is 15.5 Å². The number of rotatable bonds is 8. The van der Waals surface area contributed by atoms with Crippen LogP contribution in [0.15, 0.2) is 28.7 Å². The zero-order valence-corrected chi connectivity index (χ0v) is 27.9. The van der Waals surface area contributed by atoms with E-state index in [-0.39, 0.29) is 42.9 Å². The van der Waals surface area contributed by atoms with Crippen LogP contribution in [0.4, 0.5) is 11.4 Å². The Balaban J connectivity index is 1.58. The Morgan fingerprint density at radius 3 is 2.28 bits per heavy atom. The highest BCUT2D eigenvalue weighted by Gasteiger charge is 2.63. The average molecular weight is 655 g/mol. The van der Waals surface area contributed by atoms with Gasteiger partial charge < -0.3 is 40.9 Å². The van der Waals surface area contributed by atoms with Crippen LogP contribution in [0.1, 0.15) is 41.6 Å². The number of fused-ring (bicyclic) bond motifs is 3. The van der Waals surface area contributed by atoms with Crippen LogP contribution in [-0.4, -0.2) is 139 Å². The van der Waals surface area contributed by atoms with Crippen molar-refractivity contribution in [3.05, 3.63) is 39.9 Å². The SMILES string of the molecule is CN(C)CC(=O)Nc1cc(N(C)C)c2c(c1O)C(=O)C1=C(O)C3(O)C(=O)C(C(=O)NCN4CCCCC4)=C(O)[C@@H](N(C)C)C3CC1C2. The predicted molar refractivity (Wildman–Crippen MR) is 174 cm³/mol. The van der Waals surface area contributed by atoms with E-state index < -0.39 is 69.7 Å². The van der Waals surface area contributed by atoms with E-state index in [1.54, 1.807) is 63.1 Å². The highest BCUT2D eigenvalue weighted by atomic mass is 16.3. The number of carbonyl (C=O) groups is 4. The molecule has 14 heteroatoms. The fourth-order valence-electron chi connectivity index (χ4n) is 7.64.